The highest BCUT2D eigenvalue weighted by atomic mass is 14.9. The Balaban J connectivity index is 1.95. The lowest BCUT2D eigenvalue weighted by molar-refractivity contribution is 0.282. The second kappa shape index (κ2) is 7.73. The van der Waals surface area contributed by atoms with Crippen LogP contribution in [0.4, 0.5) is 5.69 Å². The molecular weight excluding hydrogens is 316 g/mol. The summed E-state index contributed by atoms with van der Waals surface area (Å²) in [4.78, 5) is 9.99. The molecule has 2 aliphatic rings. The monoisotopic (exact) mass is 348 g/mol. The Morgan fingerprint density at radius 3 is 2.46 bits per heavy atom. The Morgan fingerprint density at radius 2 is 1.81 bits per heavy atom. The van der Waals surface area contributed by atoms with E-state index in [9.17, 15) is 0 Å². The van der Waals surface area contributed by atoms with Gasteiger partial charge in [-0.25, -0.2) is 4.99 Å². The summed E-state index contributed by atoms with van der Waals surface area (Å²) in [6.45, 7) is 11.6. The van der Waals surface area contributed by atoms with Crippen molar-refractivity contribution < 1.29 is 0 Å². The maximum atomic E-state index is 5.18. The fourth-order valence-corrected chi connectivity index (χ4v) is 4.46. The van der Waals surface area contributed by atoms with Crippen LogP contribution in [0, 0.1) is 17.8 Å². The Labute approximate surface area is 158 Å². The first-order chi connectivity index (χ1) is 12.3. The Hall–Kier alpha value is -1.96. The van der Waals surface area contributed by atoms with E-state index >= 15 is 0 Å². The van der Waals surface area contributed by atoms with Crippen molar-refractivity contribution in [2.45, 2.75) is 59.4 Å². The maximum absolute atomic E-state index is 5.18. The Kier molecular flexibility index (Phi) is 5.60. The zero-order valence-electron chi connectivity index (χ0n) is 16.9. The summed E-state index contributed by atoms with van der Waals surface area (Å²) in [5, 5.41) is 0. The third-order valence-electron chi connectivity index (χ3n) is 5.15. The number of fused-ring (bicyclic) bond motifs is 1. The van der Waals surface area contributed by atoms with Gasteiger partial charge in [0.1, 0.15) is 0 Å². The maximum Gasteiger partial charge on any atom is 0.0641 e. The normalized spacial score (nSPS) is 26.9. The highest BCUT2D eigenvalue weighted by molar-refractivity contribution is 6.22. The molecule has 0 amide bonds. The molecule has 3 rings (SSSR count). The van der Waals surface area contributed by atoms with Crippen molar-refractivity contribution in [3.05, 3.63) is 54.1 Å². The molecule has 0 saturated heterocycles. The van der Waals surface area contributed by atoms with Crippen LogP contribution < -0.4 is 0 Å². The van der Waals surface area contributed by atoms with Crippen LogP contribution >= 0.6 is 0 Å². The minimum Gasteiger partial charge on any atom is -0.279 e. The van der Waals surface area contributed by atoms with Crippen LogP contribution in [0.2, 0.25) is 0 Å². The first-order valence-corrected chi connectivity index (χ1v) is 9.98. The Bertz CT molecular complexity index is 750. The molecule has 1 aliphatic carbocycles. The van der Waals surface area contributed by atoms with Crippen LogP contribution in [0.3, 0.4) is 0 Å². The second-order valence-electron chi connectivity index (χ2n) is 8.93. The fourth-order valence-electron chi connectivity index (χ4n) is 4.46. The van der Waals surface area contributed by atoms with Gasteiger partial charge < -0.3 is 0 Å². The average molecular weight is 349 g/mol. The number of benzene rings is 1. The molecule has 1 aliphatic heterocycles. The van der Waals surface area contributed by atoms with Gasteiger partial charge in [0.2, 0.25) is 0 Å². The number of nitrogens with zero attached hydrogens (tertiary/aromatic N) is 2. The molecule has 1 aromatic carbocycles. The van der Waals surface area contributed by atoms with Gasteiger partial charge in [-0.1, -0.05) is 45.9 Å². The second-order valence-corrected chi connectivity index (χ2v) is 8.93. The van der Waals surface area contributed by atoms with Crippen molar-refractivity contribution in [3.8, 4) is 0 Å². The summed E-state index contributed by atoms with van der Waals surface area (Å²) >= 11 is 0. The molecule has 2 nitrogen and oxygen atoms in total. The van der Waals surface area contributed by atoms with E-state index in [0.717, 1.165) is 24.2 Å². The van der Waals surface area contributed by atoms with Crippen LogP contribution in [0.15, 0.2) is 64.1 Å². The lowest BCUT2D eigenvalue weighted by atomic mass is 9.72. The molecule has 2 heteroatoms. The number of para-hydroxylation sites is 1. The van der Waals surface area contributed by atoms with Crippen LogP contribution in [0.25, 0.3) is 0 Å². The van der Waals surface area contributed by atoms with E-state index in [1.54, 1.807) is 0 Å². The summed E-state index contributed by atoms with van der Waals surface area (Å²) in [6, 6.07) is 10.2. The quantitative estimate of drug-likeness (QED) is 0.538. The lowest BCUT2D eigenvalue weighted by Crippen LogP contribution is -2.37. The molecule has 2 atom stereocenters. The standard InChI is InChI=1S/C24H32N2/c1-17(2)13-19-16-24(5,15-18(3)4)26-23-12-11-21(14-22(19)23)25-20-9-7-6-8-10-20/h6-12,14,17-19H,13,15-16H2,1-5H3. The molecule has 1 heterocycles. The molecule has 0 N–H and O–H groups in total. The van der Waals surface area contributed by atoms with Gasteiger partial charge in [0, 0.05) is 0 Å². The van der Waals surface area contributed by atoms with Crippen LogP contribution in [0.1, 0.15) is 53.9 Å². The van der Waals surface area contributed by atoms with Crippen LogP contribution in [-0.4, -0.2) is 17.0 Å². The number of aliphatic imine (C=N–C) groups is 2. The molecule has 0 radical (unpaired) electrons. The van der Waals surface area contributed by atoms with Crippen LogP contribution in [0.5, 0.6) is 0 Å². The predicted molar refractivity (Wildman–Crippen MR) is 114 cm³/mol. The zero-order chi connectivity index (χ0) is 18.7. The van der Waals surface area contributed by atoms with Crippen molar-refractivity contribution in [2.75, 3.05) is 0 Å². The van der Waals surface area contributed by atoms with Gasteiger partial charge in [0.15, 0.2) is 0 Å². The van der Waals surface area contributed by atoms with Crippen molar-refractivity contribution in [3.63, 3.8) is 0 Å². The van der Waals surface area contributed by atoms with Gasteiger partial charge in [-0.05, 0) is 79.9 Å². The lowest BCUT2D eigenvalue weighted by Gasteiger charge is -2.39. The molecule has 1 aromatic rings. The minimum atomic E-state index is 0.0544. The first kappa shape index (κ1) is 18.8. The third kappa shape index (κ3) is 4.60. The van der Waals surface area contributed by atoms with Gasteiger partial charge in [-0.15, -0.1) is 0 Å². The molecular formula is C24H32N2. The number of rotatable bonds is 5. The number of hydrogen-bond donors (Lipinski definition) is 0. The first-order valence-electron chi connectivity index (χ1n) is 9.98. The molecule has 0 saturated carbocycles. The van der Waals surface area contributed by atoms with E-state index in [1.807, 2.05) is 18.2 Å². The largest absolute Gasteiger partial charge is 0.279 e. The van der Waals surface area contributed by atoms with Crippen molar-refractivity contribution >= 4 is 17.1 Å². The Morgan fingerprint density at radius 1 is 1.08 bits per heavy atom. The van der Waals surface area contributed by atoms with E-state index in [1.165, 1.54) is 17.7 Å². The van der Waals surface area contributed by atoms with Crippen molar-refractivity contribution in [1.29, 1.82) is 0 Å². The highest BCUT2D eigenvalue weighted by Crippen LogP contribution is 2.40. The SMILES string of the molecule is CC(C)CC1CC(C)(CC(C)C)N=C2C=CC(=Nc3ccccc3)C=C21. The van der Waals surface area contributed by atoms with Crippen molar-refractivity contribution in [2.24, 2.45) is 27.7 Å². The van der Waals surface area contributed by atoms with E-state index in [0.29, 0.717) is 17.8 Å². The molecule has 0 bridgehead atoms. The summed E-state index contributed by atoms with van der Waals surface area (Å²) in [5.74, 6) is 1.92. The highest BCUT2D eigenvalue weighted by Gasteiger charge is 2.36. The van der Waals surface area contributed by atoms with Crippen molar-refractivity contribution in [1.82, 2.24) is 0 Å². The molecule has 0 spiro atoms. The van der Waals surface area contributed by atoms with E-state index < -0.39 is 0 Å². The smallest absolute Gasteiger partial charge is 0.0641 e. The summed E-state index contributed by atoms with van der Waals surface area (Å²) in [7, 11) is 0. The van der Waals surface area contributed by atoms with E-state index in [2.05, 4.69) is 65.0 Å². The number of hydrogen-bond acceptors (Lipinski definition) is 2. The summed E-state index contributed by atoms with van der Waals surface area (Å²) < 4.78 is 0. The number of allylic oxidation sites excluding steroid dienone is 4. The molecule has 138 valence electrons. The van der Waals surface area contributed by atoms with Gasteiger partial charge in [-0.3, -0.25) is 4.99 Å². The summed E-state index contributed by atoms with van der Waals surface area (Å²) in [5.41, 5.74) is 4.66. The van der Waals surface area contributed by atoms with Gasteiger partial charge >= 0.3 is 0 Å². The molecule has 0 aromatic heterocycles. The van der Waals surface area contributed by atoms with E-state index in [-0.39, 0.29) is 5.54 Å². The fraction of sp³-hybridized carbons (Fsp3) is 0.500. The van der Waals surface area contributed by atoms with Gasteiger partial charge in [-0.2, -0.15) is 0 Å². The van der Waals surface area contributed by atoms with Gasteiger partial charge in [0.25, 0.3) is 0 Å². The van der Waals surface area contributed by atoms with Gasteiger partial charge in [0.05, 0.1) is 22.6 Å². The third-order valence-corrected chi connectivity index (χ3v) is 5.15. The zero-order valence-corrected chi connectivity index (χ0v) is 16.9. The predicted octanol–water partition coefficient (Wildman–Crippen LogP) is 6.57. The average Bonchev–Trinajstić information content (AvgIpc) is 2.55. The van der Waals surface area contributed by atoms with Crippen LogP contribution in [-0.2, 0) is 0 Å². The minimum absolute atomic E-state index is 0.0544. The topological polar surface area (TPSA) is 24.7 Å². The molecule has 2 unspecified atom stereocenters. The van der Waals surface area contributed by atoms with E-state index in [4.69, 9.17) is 9.98 Å². The summed E-state index contributed by atoms with van der Waals surface area (Å²) in [6.07, 6.45) is 10.1. The molecule has 26 heavy (non-hydrogen) atoms. The molecule has 0 fully saturated rings.